The van der Waals surface area contributed by atoms with Gasteiger partial charge in [-0.1, -0.05) is 0 Å². The Labute approximate surface area is 71.2 Å². The zero-order valence-electron chi connectivity index (χ0n) is 6.99. The van der Waals surface area contributed by atoms with Crippen LogP contribution >= 0.6 is 0 Å². The van der Waals surface area contributed by atoms with E-state index in [1.54, 1.807) is 0 Å². The van der Waals surface area contributed by atoms with Crippen molar-refractivity contribution in [3.05, 3.63) is 0 Å². The molecule has 0 rings (SSSR count). The van der Waals surface area contributed by atoms with Crippen LogP contribution in [-0.4, -0.2) is 42.9 Å². The molecule has 0 heterocycles. The molecule has 0 atom stereocenters. The number of hydrogen-bond acceptors (Lipinski definition) is 3. The standard InChI is InChI=1S/C7H12N2O3/c1-9(7(10)11)4-2-5-12-6-3-8/h2,4-6H2,1H3,(H,10,11). The quantitative estimate of drug-likeness (QED) is 0.614. The van der Waals surface area contributed by atoms with E-state index in [0.29, 0.717) is 19.6 Å². The summed E-state index contributed by atoms with van der Waals surface area (Å²) in [7, 11) is 1.49. The third-order valence-corrected chi connectivity index (χ3v) is 1.28. The second-order valence-corrected chi connectivity index (χ2v) is 2.27. The van der Waals surface area contributed by atoms with Gasteiger partial charge in [0.1, 0.15) is 6.61 Å². The molecule has 0 aromatic rings. The lowest BCUT2D eigenvalue weighted by Gasteiger charge is -2.11. The van der Waals surface area contributed by atoms with Crippen molar-refractivity contribution in [1.29, 1.82) is 5.26 Å². The Morgan fingerprint density at radius 1 is 1.75 bits per heavy atom. The molecule has 5 nitrogen and oxygen atoms in total. The van der Waals surface area contributed by atoms with Crippen LogP contribution in [0.15, 0.2) is 0 Å². The van der Waals surface area contributed by atoms with Crippen LogP contribution in [-0.2, 0) is 4.74 Å². The normalized spacial score (nSPS) is 9.00. The number of hydrogen-bond donors (Lipinski definition) is 1. The maximum Gasteiger partial charge on any atom is 0.407 e. The molecule has 5 heteroatoms. The Morgan fingerprint density at radius 3 is 2.92 bits per heavy atom. The molecule has 0 aromatic carbocycles. The van der Waals surface area contributed by atoms with Gasteiger partial charge in [-0.2, -0.15) is 5.26 Å². The molecule has 1 N–H and O–H groups in total. The van der Waals surface area contributed by atoms with Crippen LogP contribution in [0.5, 0.6) is 0 Å². The molecule has 0 aliphatic rings. The SMILES string of the molecule is CN(CCCOCC#N)C(=O)O. The number of carboxylic acid groups (broad SMARTS) is 1. The van der Waals surface area contributed by atoms with Crippen molar-refractivity contribution in [2.75, 3.05) is 26.8 Å². The van der Waals surface area contributed by atoms with Gasteiger partial charge in [-0.05, 0) is 6.42 Å². The molecule has 0 radical (unpaired) electrons. The van der Waals surface area contributed by atoms with Gasteiger partial charge in [-0.15, -0.1) is 0 Å². The van der Waals surface area contributed by atoms with Crippen LogP contribution in [0.4, 0.5) is 4.79 Å². The fourth-order valence-electron chi connectivity index (χ4n) is 0.617. The van der Waals surface area contributed by atoms with Gasteiger partial charge >= 0.3 is 6.09 Å². The summed E-state index contributed by atoms with van der Waals surface area (Å²) in [5.41, 5.74) is 0. The summed E-state index contributed by atoms with van der Waals surface area (Å²) in [4.78, 5) is 11.4. The lowest BCUT2D eigenvalue weighted by atomic mass is 10.4. The summed E-state index contributed by atoms with van der Waals surface area (Å²) in [6.07, 6.45) is -0.333. The van der Waals surface area contributed by atoms with Crippen molar-refractivity contribution in [2.45, 2.75) is 6.42 Å². The van der Waals surface area contributed by atoms with Crippen LogP contribution < -0.4 is 0 Å². The molecule has 0 saturated heterocycles. The number of nitriles is 1. The lowest BCUT2D eigenvalue weighted by Crippen LogP contribution is -2.26. The van der Waals surface area contributed by atoms with Gasteiger partial charge in [0.15, 0.2) is 0 Å². The summed E-state index contributed by atoms with van der Waals surface area (Å²) in [5.74, 6) is 0. The molecule has 0 aliphatic carbocycles. The Bertz CT molecular complexity index is 176. The minimum absolute atomic E-state index is 0.0663. The van der Waals surface area contributed by atoms with Gasteiger partial charge < -0.3 is 14.7 Å². The molecule has 0 spiro atoms. The summed E-state index contributed by atoms with van der Waals surface area (Å²) in [6, 6.07) is 1.83. The zero-order chi connectivity index (χ0) is 9.40. The van der Waals surface area contributed by atoms with Crippen molar-refractivity contribution in [3.63, 3.8) is 0 Å². The molecule has 0 aromatic heterocycles. The third kappa shape index (κ3) is 5.50. The summed E-state index contributed by atoms with van der Waals surface area (Å²) in [5, 5.41) is 16.5. The average molecular weight is 172 g/mol. The lowest BCUT2D eigenvalue weighted by molar-refractivity contribution is 0.135. The average Bonchev–Trinajstić information content (AvgIpc) is 2.03. The molecule has 68 valence electrons. The number of nitrogens with zero attached hydrogens (tertiary/aromatic N) is 2. The van der Waals surface area contributed by atoms with E-state index < -0.39 is 6.09 Å². The topological polar surface area (TPSA) is 73.6 Å². The minimum atomic E-state index is -0.949. The predicted octanol–water partition coefficient (Wildman–Crippen LogP) is 0.526. The van der Waals surface area contributed by atoms with Gasteiger partial charge in [-0.25, -0.2) is 4.79 Å². The second kappa shape index (κ2) is 6.43. The minimum Gasteiger partial charge on any atom is -0.465 e. The molecule has 0 aliphatic heterocycles. The van der Waals surface area contributed by atoms with E-state index in [1.807, 2.05) is 6.07 Å². The first-order valence-corrected chi connectivity index (χ1v) is 3.57. The molecular weight excluding hydrogens is 160 g/mol. The summed E-state index contributed by atoms with van der Waals surface area (Å²) in [6.45, 7) is 0.919. The fraction of sp³-hybridized carbons (Fsp3) is 0.714. The molecule has 0 unspecified atom stereocenters. The van der Waals surface area contributed by atoms with E-state index >= 15 is 0 Å². The van der Waals surface area contributed by atoms with Crippen molar-refractivity contribution >= 4 is 6.09 Å². The second-order valence-electron chi connectivity index (χ2n) is 2.27. The Kier molecular flexibility index (Phi) is 5.75. The molecule has 0 fully saturated rings. The van der Waals surface area contributed by atoms with Gasteiger partial charge in [-0.3, -0.25) is 0 Å². The number of carbonyl (C=O) groups is 1. The highest BCUT2D eigenvalue weighted by Gasteiger charge is 2.02. The van der Waals surface area contributed by atoms with E-state index in [1.165, 1.54) is 11.9 Å². The van der Waals surface area contributed by atoms with Gasteiger partial charge in [0.2, 0.25) is 0 Å². The first-order valence-electron chi connectivity index (χ1n) is 3.57. The molecular formula is C7H12N2O3. The van der Waals surface area contributed by atoms with Gasteiger partial charge in [0.05, 0.1) is 6.07 Å². The summed E-state index contributed by atoms with van der Waals surface area (Å²) < 4.78 is 4.83. The van der Waals surface area contributed by atoms with E-state index in [9.17, 15) is 4.79 Å². The highest BCUT2D eigenvalue weighted by Crippen LogP contribution is 1.88. The van der Waals surface area contributed by atoms with Crippen molar-refractivity contribution in [3.8, 4) is 6.07 Å². The Hall–Kier alpha value is -1.28. The van der Waals surface area contributed by atoms with Crippen LogP contribution in [0.3, 0.4) is 0 Å². The molecule has 0 saturated carbocycles. The summed E-state index contributed by atoms with van der Waals surface area (Å²) >= 11 is 0. The van der Waals surface area contributed by atoms with Crippen molar-refractivity contribution in [1.82, 2.24) is 4.90 Å². The predicted molar refractivity (Wildman–Crippen MR) is 41.7 cm³/mol. The van der Waals surface area contributed by atoms with Crippen LogP contribution in [0, 0.1) is 11.3 Å². The highest BCUT2D eigenvalue weighted by atomic mass is 16.5. The Balaban J connectivity index is 3.21. The van der Waals surface area contributed by atoms with Gasteiger partial charge in [0.25, 0.3) is 0 Å². The number of rotatable bonds is 5. The van der Waals surface area contributed by atoms with Crippen molar-refractivity contribution in [2.24, 2.45) is 0 Å². The van der Waals surface area contributed by atoms with Crippen molar-refractivity contribution < 1.29 is 14.6 Å². The molecule has 12 heavy (non-hydrogen) atoms. The smallest absolute Gasteiger partial charge is 0.407 e. The van der Waals surface area contributed by atoms with E-state index in [4.69, 9.17) is 15.1 Å². The Morgan fingerprint density at radius 2 is 2.42 bits per heavy atom. The first-order chi connectivity index (χ1) is 5.68. The molecule has 1 amide bonds. The van der Waals surface area contributed by atoms with Crippen LogP contribution in [0.25, 0.3) is 0 Å². The molecule has 0 bridgehead atoms. The van der Waals surface area contributed by atoms with E-state index in [0.717, 1.165) is 0 Å². The maximum absolute atomic E-state index is 10.3. The van der Waals surface area contributed by atoms with Gasteiger partial charge in [0, 0.05) is 20.2 Å². The van der Waals surface area contributed by atoms with E-state index in [-0.39, 0.29) is 6.61 Å². The number of ether oxygens (including phenoxy) is 1. The largest absolute Gasteiger partial charge is 0.465 e. The highest BCUT2D eigenvalue weighted by molar-refractivity contribution is 5.64. The first kappa shape index (κ1) is 10.7. The van der Waals surface area contributed by atoms with Crippen LogP contribution in [0.1, 0.15) is 6.42 Å². The fourth-order valence-corrected chi connectivity index (χ4v) is 0.617. The maximum atomic E-state index is 10.3. The number of amides is 1. The van der Waals surface area contributed by atoms with E-state index in [2.05, 4.69) is 0 Å². The third-order valence-electron chi connectivity index (χ3n) is 1.28. The van der Waals surface area contributed by atoms with Crippen LogP contribution in [0.2, 0.25) is 0 Å². The monoisotopic (exact) mass is 172 g/mol. The zero-order valence-corrected chi connectivity index (χ0v) is 6.99.